The lowest BCUT2D eigenvalue weighted by Crippen LogP contribution is -2.49. The topological polar surface area (TPSA) is 57.7 Å². The molecule has 162 valence electrons. The maximum Gasteiger partial charge on any atom is 0.227 e. The third kappa shape index (κ3) is 5.22. The minimum Gasteiger partial charge on any atom is -0.342 e. The Kier molecular flexibility index (Phi) is 6.80. The molecule has 0 aliphatic carbocycles. The maximum absolute atomic E-state index is 13.1. The molecule has 2 aliphatic heterocycles. The zero-order valence-electron chi connectivity index (χ0n) is 17.9. The zero-order chi connectivity index (χ0) is 21.6. The second kappa shape index (κ2) is 9.90. The highest BCUT2D eigenvalue weighted by Gasteiger charge is 2.34. The fourth-order valence-corrected chi connectivity index (χ4v) is 4.75. The Morgan fingerprint density at radius 2 is 1.39 bits per heavy atom. The summed E-state index contributed by atoms with van der Waals surface area (Å²) in [6, 6.07) is 19.2. The van der Waals surface area contributed by atoms with E-state index in [4.69, 9.17) is 0 Å². The number of rotatable bonds is 5. The van der Waals surface area contributed by atoms with Gasteiger partial charge in [0.25, 0.3) is 0 Å². The summed E-state index contributed by atoms with van der Waals surface area (Å²) < 4.78 is 0. The first-order valence-corrected chi connectivity index (χ1v) is 11.3. The standard InChI is InChI=1S/C26H30N2O3/c29-24(18-20-8-3-1-4-9-20)28-15-7-12-23(19-28)26(31)27-16-13-22(14-17-27)25(30)21-10-5-2-6-11-21/h1-6,8-11,22-23H,7,12-19H2/t23-/m0/s1. The highest BCUT2D eigenvalue weighted by atomic mass is 16.2. The van der Waals surface area contributed by atoms with Crippen LogP contribution in [0.25, 0.3) is 0 Å². The average Bonchev–Trinajstić information content (AvgIpc) is 2.84. The van der Waals surface area contributed by atoms with Crippen molar-refractivity contribution in [1.29, 1.82) is 0 Å². The molecule has 0 radical (unpaired) electrons. The van der Waals surface area contributed by atoms with Crippen LogP contribution in [0.4, 0.5) is 0 Å². The van der Waals surface area contributed by atoms with Crippen molar-refractivity contribution in [2.24, 2.45) is 11.8 Å². The Hall–Kier alpha value is -2.95. The summed E-state index contributed by atoms with van der Waals surface area (Å²) in [5.41, 5.74) is 1.76. The molecule has 1 atom stereocenters. The third-order valence-electron chi connectivity index (χ3n) is 6.56. The van der Waals surface area contributed by atoms with Crippen LogP contribution in [0.1, 0.15) is 41.6 Å². The van der Waals surface area contributed by atoms with Gasteiger partial charge in [0, 0.05) is 37.7 Å². The molecule has 4 rings (SSSR count). The number of ketones is 1. The highest BCUT2D eigenvalue weighted by Crippen LogP contribution is 2.25. The molecule has 2 amide bonds. The summed E-state index contributed by atoms with van der Waals surface area (Å²) in [5, 5.41) is 0. The van der Waals surface area contributed by atoms with Crippen molar-refractivity contribution in [3.63, 3.8) is 0 Å². The van der Waals surface area contributed by atoms with E-state index in [0.717, 1.165) is 30.5 Å². The predicted octanol–water partition coefficient (Wildman–Crippen LogP) is 3.59. The van der Waals surface area contributed by atoms with E-state index < -0.39 is 0 Å². The van der Waals surface area contributed by atoms with Crippen LogP contribution in [0.15, 0.2) is 60.7 Å². The van der Waals surface area contributed by atoms with E-state index in [9.17, 15) is 14.4 Å². The predicted molar refractivity (Wildman–Crippen MR) is 120 cm³/mol. The van der Waals surface area contributed by atoms with Crippen LogP contribution in [0.3, 0.4) is 0 Å². The lowest BCUT2D eigenvalue weighted by atomic mass is 9.88. The van der Waals surface area contributed by atoms with Gasteiger partial charge in [-0.25, -0.2) is 0 Å². The molecular weight excluding hydrogens is 388 g/mol. The SMILES string of the molecule is O=C(c1ccccc1)C1CCN(C(=O)[C@H]2CCCN(C(=O)Cc3ccccc3)C2)CC1. The molecule has 5 heteroatoms. The Labute approximate surface area is 184 Å². The van der Waals surface area contributed by atoms with Gasteiger partial charge in [0.1, 0.15) is 0 Å². The Morgan fingerprint density at radius 3 is 2.06 bits per heavy atom. The van der Waals surface area contributed by atoms with Crippen LogP contribution >= 0.6 is 0 Å². The van der Waals surface area contributed by atoms with Crippen LogP contribution in [0, 0.1) is 11.8 Å². The van der Waals surface area contributed by atoms with Crippen molar-refractivity contribution in [3.05, 3.63) is 71.8 Å². The summed E-state index contributed by atoms with van der Waals surface area (Å²) in [7, 11) is 0. The first-order chi connectivity index (χ1) is 15.1. The number of nitrogens with zero attached hydrogens (tertiary/aromatic N) is 2. The van der Waals surface area contributed by atoms with Gasteiger partial charge in [-0.1, -0.05) is 60.7 Å². The lowest BCUT2D eigenvalue weighted by molar-refractivity contribution is -0.141. The van der Waals surface area contributed by atoms with Crippen molar-refractivity contribution in [2.75, 3.05) is 26.2 Å². The summed E-state index contributed by atoms with van der Waals surface area (Å²) >= 11 is 0. The van der Waals surface area contributed by atoms with Crippen molar-refractivity contribution in [3.8, 4) is 0 Å². The van der Waals surface area contributed by atoms with Gasteiger partial charge in [-0.15, -0.1) is 0 Å². The number of carbonyl (C=O) groups is 3. The second-order valence-electron chi connectivity index (χ2n) is 8.67. The first kappa shape index (κ1) is 21.3. The number of carbonyl (C=O) groups excluding carboxylic acids is 3. The number of Topliss-reactive ketones (excluding diaryl/α,β-unsaturated/α-hetero) is 1. The molecule has 0 N–H and O–H groups in total. The highest BCUT2D eigenvalue weighted by molar-refractivity contribution is 5.98. The van der Waals surface area contributed by atoms with E-state index in [0.29, 0.717) is 38.9 Å². The van der Waals surface area contributed by atoms with Gasteiger partial charge in [0.15, 0.2) is 5.78 Å². The van der Waals surface area contributed by atoms with E-state index >= 15 is 0 Å². The summed E-state index contributed by atoms with van der Waals surface area (Å²) in [5.74, 6) is 0.276. The maximum atomic E-state index is 13.1. The van der Waals surface area contributed by atoms with Crippen LogP contribution in [-0.2, 0) is 16.0 Å². The van der Waals surface area contributed by atoms with Gasteiger partial charge in [-0.3, -0.25) is 14.4 Å². The van der Waals surface area contributed by atoms with Crippen LogP contribution in [0.5, 0.6) is 0 Å². The monoisotopic (exact) mass is 418 g/mol. The summed E-state index contributed by atoms with van der Waals surface area (Å²) in [6.07, 6.45) is 3.50. The lowest BCUT2D eigenvalue weighted by Gasteiger charge is -2.37. The number of piperidine rings is 2. The Morgan fingerprint density at radius 1 is 0.742 bits per heavy atom. The molecule has 0 saturated carbocycles. The summed E-state index contributed by atoms with van der Waals surface area (Å²) in [6.45, 7) is 2.48. The molecular formula is C26H30N2O3. The molecule has 2 heterocycles. The van der Waals surface area contributed by atoms with Crippen molar-refractivity contribution in [1.82, 2.24) is 9.80 Å². The molecule has 2 fully saturated rings. The van der Waals surface area contributed by atoms with Gasteiger partial charge in [-0.2, -0.15) is 0 Å². The molecule has 0 bridgehead atoms. The minimum absolute atomic E-state index is 0.0123. The average molecular weight is 419 g/mol. The number of benzene rings is 2. The van der Waals surface area contributed by atoms with Gasteiger partial charge < -0.3 is 9.80 Å². The molecule has 2 aliphatic rings. The van der Waals surface area contributed by atoms with Gasteiger partial charge >= 0.3 is 0 Å². The minimum atomic E-state index is -0.130. The second-order valence-corrected chi connectivity index (χ2v) is 8.67. The van der Waals surface area contributed by atoms with E-state index in [1.54, 1.807) is 0 Å². The van der Waals surface area contributed by atoms with E-state index in [1.165, 1.54) is 0 Å². The number of hydrogen-bond acceptors (Lipinski definition) is 3. The normalized spacial score (nSPS) is 19.8. The number of amides is 2. The molecule has 2 aromatic carbocycles. The molecule has 5 nitrogen and oxygen atoms in total. The van der Waals surface area contributed by atoms with Gasteiger partial charge in [0.2, 0.25) is 11.8 Å². The fraction of sp³-hybridized carbons (Fsp3) is 0.423. The fourth-order valence-electron chi connectivity index (χ4n) is 4.75. The summed E-state index contributed by atoms with van der Waals surface area (Å²) in [4.78, 5) is 42.3. The van der Waals surface area contributed by atoms with Gasteiger partial charge in [-0.05, 0) is 31.2 Å². The van der Waals surface area contributed by atoms with E-state index in [1.807, 2.05) is 70.5 Å². The molecule has 31 heavy (non-hydrogen) atoms. The van der Waals surface area contributed by atoms with Crippen molar-refractivity contribution >= 4 is 17.6 Å². The molecule has 2 aromatic rings. The first-order valence-electron chi connectivity index (χ1n) is 11.3. The van der Waals surface area contributed by atoms with Gasteiger partial charge in [0.05, 0.1) is 12.3 Å². The largest absolute Gasteiger partial charge is 0.342 e. The smallest absolute Gasteiger partial charge is 0.227 e. The molecule has 0 aromatic heterocycles. The quantitative estimate of drug-likeness (QED) is 0.698. The molecule has 0 unspecified atom stereocenters. The van der Waals surface area contributed by atoms with Crippen LogP contribution in [0.2, 0.25) is 0 Å². The number of hydrogen-bond donors (Lipinski definition) is 0. The van der Waals surface area contributed by atoms with Crippen LogP contribution < -0.4 is 0 Å². The Bertz CT molecular complexity index is 905. The Balaban J connectivity index is 1.29. The number of likely N-dealkylation sites (tertiary alicyclic amines) is 2. The molecule has 0 spiro atoms. The van der Waals surface area contributed by atoms with Crippen molar-refractivity contribution in [2.45, 2.75) is 32.1 Å². The van der Waals surface area contributed by atoms with E-state index in [2.05, 4.69) is 0 Å². The third-order valence-corrected chi connectivity index (χ3v) is 6.56. The van der Waals surface area contributed by atoms with Crippen LogP contribution in [-0.4, -0.2) is 53.6 Å². The zero-order valence-corrected chi connectivity index (χ0v) is 17.9. The van der Waals surface area contributed by atoms with Crippen molar-refractivity contribution < 1.29 is 14.4 Å². The molecule has 2 saturated heterocycles. The van der Waals surface area contributed by atoms with E-state index in [-0.39, 0.29) is 29.4 Å².